The number of rotatable bonds is 6. The molecule has 0 aliphatic carbocycles. The van der Waals surface area contributed by atoms with E-state index in [9.17, 15) is 13.2 Å². The van der Waals surface area contributed by atoms with Crippen LogP contribution in [0.1, 0.15) is 21.8 Å². The number of aromatic nitrogens is 1. The van der Waals surface area contributed by atoms with Gasteiger partial charge < -0.3 is 19.1 Å². The van der Waals surface area contributed by atoms with E-state index in [1.807, 2.05) is 24.3 Å². The van der Waals surface area contributed by atoms with E-state index < -0.39 is 10.0 Å². The molecule has 0 saturated carbocycles. The fraction of sp³-hybridized carbons (Fsp3) is 0.304. The third kappa shape index (κ3) is 4.80. The first kappa shape index (κ1) is 22.7. The highest BCUT2D eigenvalue weighted by Gasteiger charge is 2.25. The number of sulfonamides is 1. The Balaban J connectivity index is 1.39. The van der Waals surface area contributed by atoms with E-state index in [2.05, 4.69) is 14.8 Å². The Hall–Kier alpha value is -3.53. The quantitative estimate of drug-likeness (QED) is 0.590. The second-order valence-electron chi connectivity index (χ2n) is 7.82. The second kappa shape index (κ2) is 9.14. The van der Waals surface area contributed by atoms with Gasteiger partial charge in [0, 0.05) is 49.2 Å². The van der Waals surface area contributed by atoms with Gasteiger partial charge in [-0.15, -0.1) is 0 Å². The molecule has 1 aliphatic rings. The average molecular weight is 471 g/mol. The van der Waals surface area contributed by atoms with Crippen LogP contribution in [0.4, 0.5) is 11.4 Å². The highest BCUT2D eigenvalue weighted by Crippen LogP contribution is 2.24. The number of ether oxygens (including phenoxy) is 1. The van der Waals surface area contributed by atoms with Crippen molar-refractivity contribution < 1.29 is 22.5 Å². The van der Waals surface area contributed by atoms with E-state index in [-0.39, 0.29) is 16.6 Å². The Morgan fingerprint density at radius 3 is 2.36 bits per heavy atom. The summed E-state index contributed by atoms with van der Waals surface area (Å²) in [6.07, 6.45) is 0. The van der Waals surface area contributed by atoms with Crippen LogP contribution in [0.3, 0.4) is 0 Å². The second-order valence-corrected chi connectivity index (χ2v) is 9.44. The van der Waals surface area contributed by atoms with Crippen molar-refractivity contribution >= 4 is 27.3 Å². The van der Waals surface area contributed by atoms with E-state index in [1.54, 1.807) is 50.1 Å². The molecule has 1 saturated heterocycles. The van der Waals surface area contributed by atoms with Gasteiger partial charge in [-0.25, -0.2) is 8.42 Å². The molecule has 174 valence electrons. The topological polar surface area (TPSA) is 105 Å². The summed E-state index contributed by atoms with van der Waals surface area (Å²) < 4.78 is 38.1. The van der Waals surface area contributed by atoms with Crippen LogP contribution in [-0.4, -0.2) is 57.7 Å². The zero-order valence-corrected chi connectivity index (χ0v) is 19.6. The third-order valence-electron chi connectivity index (χ3n) is 5.61. The van der Waals surface area contributed by atoms with Crippen molar-refractivity contribution in [3.05, 3.63) is 65.5 Å². The fourth-order valence-corrected chi connectivity index (χ4v) is 5.29. The van der Waals surface area contributed by atoms with Gasteiger partial charge in [-0.1, -0.05) is 11.2 Å². The number of piperazine rings is 1. The summed E-state index contributed by atoms with van der Waals surface area (Å²) in [7, 11) is -2.20. The van der Waals surface area contributed by atoms with Gasteiger partial charge in [0.2, 0.25) is 0 Å². The summed E-state index contributed by atoms with van der Waals surface area (Å²) >= 11 is 0. The summed E-state index contributed by atoms with van der Waals surface area (Å²) in [5.74, 6) is 0.941. The molecule has 3 aromatic rings. The molecule has 0 bridgehead atoms. The van der Waals surface area contributed by atoms with Gasteiger partial charge in [0.05, 0.1) is 7.11 Å². The molecule has 10 heteroatoms. The molecule has 1 aliphatic heterocycles. The number of amides is 1. The Bertz CT molecular complexity index is 1230. The SMILES string of the molecule is COc1cccc(N2CCN(C(=O)c3ccc(NS(=O)(=O)c4c(C)noc4C)cc3)CC2)c1. The summed E-state index contributed by atoms with van der Waals surface area (Å²) in [6.45, 7) is 5.74. The number of hydrogen-bond donors (Lipinski definition) is 1. The standard InChI is InChI=1S/C23H26N4O5S/c1-16-22(17(2)32-24-16)33(29,30)25-19-9-7-18(8-10-19)23(28)27-13-11-26(12-14-27)20-5-4-6-21(15-20)31-3/h4-10,15,25H,11-14H2,1-3H3. The molecule has 0 spiro atoms. The highest BCUT2D eigenvalue weighted by molar-refractivity contribution is 7.92. The molecular formula is C23H26N4O5S. The first-order valence-electron chi connectivity index (χ1n) is 10.5. The van der Waals surface area contributed by atoms with Crippen molar-refractivity contribution in [3.63, 3.8) is 0 Å². The molecule has 0 radical (unpaired) electrons. The van der Waals surface area contributed by atoms with Gasteiger partial charge in [0.15, 0.2) is 10.7 Å². The Morgan fingerprint density at radius 1 is 1.06 bits per heavy atom. The number of aryl methyl sites for hydroxylation is 2. The van der Waals surface area contributed by atoms with Gasteiger partial charge in [0.1, 0.15) is 11.4 Å². The molecular weight excluding hydrogens is 444 g/mol. The number of benzene rings is 2. The molecule has 1 amide bonds. The largest absolute Gasteiger partial charge is 0.497 e. The zero-order valence-electron chi connectivity index (χ0n) is 18.7. The minimum absolute atomic E-state index is 0.0246. The van der Waals surface area contributed by atoms with Crippen molar-refractivity contribution in [2.45, 2.75) is 18.7 Å². The van der Waals surface area contributed by atoms with Crippen LogP contribution in [0.5, 0.6) is 5.75 Å². The minimum Gasteiger partial charge on any atom is -0.497 e. The van der Waals surface area contributed by atoms with E-state index in [4.69, 9.17) is 9.26 Å². The first-order valence-corrected chi connectivity index (χ1v) is 12.0. The van der Waals surface area contributed by atoms with Gasteiger partial charge in [-0.05, 0) is 50.2 Å². The summed E-state index contributed by atoms with van der Waals surface area (Å²) in [4.78, 5) is 17.0. The maximum atomic E-state index is 12.9. The molecule has 1 aromatic heterocycles. The van der Waals surface area contributed by atoms with Gasteiger partial charge in [0.25, 0.3) is 15.9 Å². The molecule has 1 N–H and O–H groups in total. The van der Waals surface area contributed by atoms with E-state index in [1.165, 1.54) is 0 Å². The van der Waals surface area contributed by atoms with Crippen LogP contribution >= 0.6 is 0 Å². The maximum absolute atomic E-state index is 12.9. The van der Waals surface area contributed by atoms with Crippen LogP contribution in [0.2, 0.25) is 0 Å². The summed E-state index contributed by atoms with van der Waals surface area (Å²) in [5, 5.41) is 3.69. The summed E-state index contributed by atoms with van der Waals surface area (Å²) in [5.41, 5.74) is 2.22. The number of methoxy groups -OCH3 is 1. The minimum atomic E-state index is -3.84. The predicted molar refractivity (Wildman–Crippen MR) is 124 cm³/mol. The van der Waals surface area contributed by atoms with Crippen molar-refractivity contribution in [3.8, 4) is 5.75 Å². The van der Waals surface area contributed by atoms with Crippen LogP contribution < -0.4 is 14.4 Å². The normalized spacial score (nSPS) is 14.3. The van der Waals surface area contributed by atoms with E-state index >= 15 is 0 Å². The zero-order chi connectivity index (χ0) is 23.6. The van der Waals surface area contributed by atoms with Crippen molar-refractivity contribution in [1.82, 2.24) is 10.1 Å². The molecule has 0 unspecified atom stereocenters. The summed E-state index contributed by atoms with van der Waals surface area (Å²) in [6, 6.07) is 14.3. The Kier molecular flexibility index (Phi) is 6.28. The molecule has 0 atom stereocenters. The lowest BCUT2D eigenvalue weighted by atomic mass is 10.1. The van der Waals surface area contributed by atoms with Crippen LogP contribution in [0.15, 0.2) is 57.9 Å². The number of nitrogens with one attached hydrogen (secondary N) is 1. The number of anilines is 2. The average Bonchev–Trinajstić information content (AvgIpc) is 3.17. The van der Waals surface area contributed by atoms with Crippen molar-refractivity contribution in [1.29, 1.82) is 0 Å². The van der Waals surface area contributed by atoms with E-state index in [0.29, 0.717) is 43.1 Å². The van der Waals surface area contributed by atoms with Crippen LogP contribution in [0.25, 0.3) is 0 Å². The van der Waals surface area contributed by atoms with Gasteiger partial charge >= 0.3 is 0 Å². The number of hydrogen-bond acceptors (Lipinski definition) is 7. The van der Waals surface area contributed by atoms with Crippen LogP contribution in [-0.2, 0) is 10.0 Å². The number of nitrogens with zero attached hydrogens (tertiary/aromatic N) is 3. The molecule has 9 nitrogen and oxygen atoms in total. The van der Waals surface area contributed by atoms with Crippen molar-refractivity contribution in [2.75, 3.05) is 42.9 Å². The number of carbonyl (C=O) groups excluding carboxylic acids is 1. The third-order valence-corrected chi connectivity index (χ3v) is 7.23. The lowest BCUT2D eigenvalue weighted by Crippen LogP contribution is -2.48. The molecule has 33 heavy (non-hydrogen) atoms. The van der Waals surface area contributed by atoms with Gasteiger partial charge in [-0.2, -0.15) is 0 Å². The lowest BCUT2D eigenvalue weighted by molar-refractivity contribution is 0.0747. The van der Waals surface area contributed by atoms with Crippen molar-refractivity contribution in [2.24, 2.45) is 0 Å². The predicted octanol–water partition coefficient (Wildman–Crippen LogP) is 3.06. The lowest BCUT2D eigenvalue weighted by Gasteiger charge is -2.36. The molecule has 1 fully saturated rings. The van der Waals surface area contributed by atoms with E-state index in [0.717, 1.165) is 11.4 Å². The first-order chi connectivity index (χ1) is 15.8. The monoisotopic (exact) mass is 470 g/mol. The molecule has 2 heterocycles. The fourth-order valence-electron chi connectivity index (χ4n) is 3.90. The van der Waals surface area contributed by atoms with Crippen LogP contribution in [0, 0.1) is 13.8 Å². The Morgan fingerprint density at radius 2 is 1.76 bits per heavy atom. The molecule has 2 aromatic carbocycles. The Labute approximate surface area is 193 Å². The highest BCUT2D eigenvalue weighted by atomic mass is 32.2. The number of carbonyl (C=O) groups is 1. The van der Waals surface area contributed by atoms with Gasteiger partial charge in [-0.3, -0.25) is 9.52 Å². The smallest absolute Gasteiger partial charge is 0.267 e. The maximum Gasteiger partial charge on any atom is 0.267 e. The molecule has 4 rings (SSSR count).